The molecule has 3 aromatic rings. The van der Waals surface area contributed by atoms with Gasteiger partial charge in [0.25, 0.3) is 5.56 Å². The van der Waals surface area contributed by atoms with E-state index in [0.29, 0.717) is 52.4 Å². The van der Waals surface area contributed by atoms with Crippen molar-refractivity contribution in [2.24, 2.45) is 0 Å². The molecule has 2 aromatic carbocycles. The van der Waals surface area contributed by atoms with Crippen molar-refractivity contribution in [3.63, 3.8) is 0 Å². The minimum absolute atomic E-state index is 0.0840. The average Bonchev–Trinajstić information content (AvgIpc) is 2.88. The summed E-state index contributed by atoms with van der Waals surface area (Å²) in [4.78, 5) is 31.0. The van der Waals surface area contributed by atoms with E-state index in [2.05, 4.69) is 4.98 Å². The van der Waals surface area contributed by atoms with Crippen LogP contribution in [-0.2, 0) is 13.0 Å². The molecule has 1 aliphatic rings. The molecule has 1 aromatic heterocycles. The molecule has 150 valence electrons. The third kappa shape index (κ3) is 2.88. The van der Waals surface area contributed by atoms with Gasteiger partial charge in [-0.05, 0) is 30.2 Å². The largest absolute Gasteiger partial charge is 0.493 e. The van der Waals surface area contributed by atoms with Gasteiger partial charge in [0.1, 0.15) is 0 Å². The number of carbonyl (C=O) groups excluding carboxylic acids is 1. The highest BCUT2D eigenvalue weighted by Gasteiger charge is 2.27. The van der Waals surface area contributed by atoms with Gasteiger partial charge < -0.3 is 18.9 Å². The van der Waals surface area contributed by atoms with E-state index < -0.39 is 0 Å². The van der Waals surface area contributed by atoms with Crippen molar-refractivity contribution in [1.29, 1.82) is 0 Å². The van der Waals surface area contributed by atoms with Crippen LogP contribution in [0.4, 0.5) is 0 Å². The number of fused-ring (bicyclic) bond motifs is 3. The zero-order valence-corrected chi connectivity index (χ0v) is 16.6. The van der Waals surface area contributed by atoms with Crippen molar-refractivity contribution in [1.82, 2.24) is 9.55 Å². The summed E-state index contributed by atoms with van der Waals surface area (Å²) in [6.07, 6.45) is 0.481. The standard InChI is InChI=1S/C21H20N2O6/c1-26-15-7-11-5-6-23-20(19(24)12(11)8-16(15)27-2)22-14-10-18(29-4)17(28-3)9-13(14)21(23)25/h7-10H,5-6H2,1-4H3. The van der Waals surface area contributed by atoms with Crippen molar-refractivity contribution in [2.75, 3.05) is 28.4 Å². The molecule has 1 aliphatic heterocycles. The minimum atomic E-state index is -0.341. The fourth-order valence-electron chi connectivity index (χ4n) is 3.62. The molecule has 0 amide bonds. The van der Waals surface area contributed by atoms with Gasteiger partial charge in [-0.25, -0.2) is 4.98 Å². The van der Waals surface area contributed by atoms with Gasteiger partial charge >= 0.3 is 0 Å². The quantitative estimate of drug-likeness (QED) is 0.668. The normalized spacial score (nSPS) is 12.8. The lowest BCUT2D eigenvalue weighted by atomic mass is 10.0. The molecule has 0 saturated heterocycles. The highest BCUT2D eigenvalue weighted by atomic mass is 16.5. The molecule has 8 heteroatoms. The number of ether oxygens (including phenoxy) is 4. The summed E-state index contributed by atoms with van der Waals surface area (Å²) in [6, 6.07) is 6.60. The van der Waals surface area contributed by atoms with E-state index in [4.69, 9.17) is 18.9 Å². The maximum atomic E-state index is 13.3. The summed E-state index contributed by atoms with van der Waals surface area (Å²) in [6.45, 7) is 0.319. The van der Waals surface area contributed by atoms with Crippen molar-refractivity contribution < 1.29 is 23.7 Å². The fourth-order valence-corrected chi connectivity index (χ4v) is 3.62. The van der Waals surface area contributed by atoms with Crippen LogP contribution < -0.4 is 24.5 Å². The molecule has 0 radical (unpaired) electrons. The minimum Gasteiger partial charge on any atom is -0.493 e. The second-order valence-corrected chi connectivity index (χ2v) is 6.56. The highest BCUT2D eigenvalue weighted by Crippen LogP contribution is 2.34. The first-order valence-corrected chi connectivity index (χ1v) is 8.98. The van der Waals surface area contributed by atoms with Crippen LogP contribution >= 0.6 is 0 Å². The Hall–Kier alpha value is -3.55. The Bertz CT molecular complexity index is 1200. The van der Waals surface area contributed by atoms with Gasteiger partial charge in [0.2, 0.25) is 5.78 Å². The first-order valence-electron chi connectivity index (χ1n) is 8.98. The molecule has 4 rings (SSSR count). The zero-order valence-electron chi connectivity index (χ0n) is 16.6. The molecule has 2 heterocycles. The van der Waals surface area contributed by atoms with Crippen LogP contribution in [-0.4, -0.2) is 43.8 Å². The third-order valence-corrected chi connectivity index (χ3v) is 5.12. The van der Waals surface area contributed by atoms with E-state index in [1.54, 1.807) is 24.3 Å². The van der Waals surface area contributed by atoms with Crippen LogP contribution in [0.3, 0.4) is 0 Å². The van der Waals surface area contributed by atoms with Gasteiger partial charge in [0.05, 0.1) is 39.3 Å². The summed E-state index contributed by atoms with van der Waals surface area (Å²) in [5, 5.41) is 0.361. The van der Waals surface area contributed by atoms with Gasteiger partial charge in [-0.1, -0.05) is 0 Å². The summed E-state index contributed by atoms with van der Waals surface area (Å²) < 4.78 is 22.7. The van der Waals surface area contributed by atoms with Gasteiger partial charge in [-0.15, -0.1) is 0 Å². The Kier molecular flexibility index (Phi) is 4.62. The van der Waals surface area contributed by atoms with Crippen molar-refractivity contribution >= 4 is 16.7 Å². The van der Waals surface area contributed by atoms with E-state index in [9.17, 15) is 9.59 Å². The van der Waals surface area contributed by atoms with Crippen molar-refractivity contribution in [3.05, 3.63) is 51.6 Å². The van der Waals surface area contributed by atoms with Crippen LogP contribution in [0, 0.1) is 0 Å². The molecule has 0 spiro atoms. The number of nitrogens with zero attached hydrogens (tertiary/aromatic N) is 2. The van der Waals surface area contributed by atoms with E-state index in [1.165, 1.54) is 33.0 Å². The molecule has 0 bridgehead atoms. The Labute approximate surface area is 166 Å². The number of hydrogen-bond donors (Lipinski definition) is 0. The van der Waals surface area contributed by atoms with Crippen LogP contribution in [0.15, 0.2) is 29.1 Å². The predicted octanol–water partition coefficient (Wildman–Crippen LogP) is 2.22. The van der Waals surface area contributed by atoms with Crippen LogP contribution in [0.1, 0.15) is 21.7 Å². The molecule has 8 nitrogen and oxygen atoms in total. The molecule has 0 atom stereocenters. The summed E-state index contributed by atoms with van der Waals surface area (Å²) in [5.74, 6) is 1.59. The maximum Gasteiger partial charge on any atom is 0.261 e. The number of carbonyl (C=O) groups is 1. The molecule has 0 unspecified atom stereocenters. The van der Waals surface area contributed by atoms with Crippen LogP contribution in [0.5, 0.6) is 23.0 Å². The average molecular weight is 396 g/mol. The number of methoxy groups -OCH3 is 4. The second-order valence-electron chi connectivity index (χ2n) is 6.56. The third-order valence-electron chi connectivity index (χ3n) is 5.12. The smallest absolute Gasteiger partial charge is 0.261 e. The molecule has 0 aliphatic carbocycles. The lowest BCUT2D eigenvalue weighted by molar-refractivity contribution is 0.102. The molecule has 0 fully saturated rings. The zero-order chi connectivity index (χ0) is 20.7. The number of ketones is 1. The SMILES string of the molecule is COc1cc2c(cc1OC)C(=O)c1nc3cc(OC)c(OC)cc3c(=O)n1CC2. The Balaban J connectivity index is 1.97. The van der Waals surface area contributed by atoms with E-state index in [1.807, 2.05) is 0 Å². The molecule has 29 heavy (non-hydrogen) atoms. The number of benzene rings is 2. The van der Waals surface area contributed by atoms with E-state index in [-0.39, 0.29) is 17.2 Å². The monoisotopic (exact) mass is 396 g/mol. The Morgan fingerprint density at radius 3 is 2.07 bits per heavy atom. The molecule has 0 saturated carbocycles. The molecular weight excluding hydrogens is 376 g/mol. The topological polar surface area (TPSA) is 88.9 Å². The van der Waals surface area contributed by atoms with E-state index in [0.717, 1.165) is 5.56 Å². The Morgan fingerprint density at radius 1 is 0.828 bits per heavy atom. The van der Waals surface area contributed by atoms with Gasteiger partial charge in [0.15, 0.2) is 28.8 Å². The predicted molar refractivity (Wildman–Crippen MR) is 106 cm³/mol. The first kappa shape index (κ1) is 18.8. The first-order chi connectivity index (χ1) is 14.0. The highest BCUT2D eigenvalue weighted by molar-refractivity contribution is 6.09. The lowest BCUT2D eigenvalue weighted by Gasteiger charge is -2.12. The van der Waals surface area contributed by atoms with Gasteiger partial charge in [0, 0.05) is 18.2 Å². The molecule has 0 N–H and O–H groups in total. The van der Waals surface area contributed by atoms with Gasteiger partial charge in [-0.2, -0.15) is 0 Å². The number of aromatic nitrogens is 2. The van der Waals surface area contributed by atoms with Crippen molar-refractivity contribution in [2.45, 2.75) is 13.0 Å². The second kappa shape index (κ2) is 7.12. The lowest BCUT2D eigenvalue weighted by Crippen LogP contribution is -2.27. The number of rotatable bonds is 4. The summed E-state index contributed by atoms with van der Waals surface area (Å²) in [7, 11) is 6.05. The van der Waals surface area contributed by atoms with Gasteiger partial charge in [-0.3, -0.25) is 14.2 Å². The summed E-state index contributed by atoms with van der Waals surface area (Å²) in [5.41, 5.74) is 1.29. The summed E-state index contributed by atoms with van der Waals surface area (Å²) >= 11 is 0. The Morgan fingerprint density at radius 2 is 1.41 bits per heavy atom. The fraction of sp³-hybridized carbons (Fsp3) is 0.286. The van der Waals surface area contributed by atoms with Crippen LogP contribution in [0.2, 0.25) is 0 Å². The van der Waals surface area contributed by atoms with Crippen LogP contribution in [0.25, 0.3) is 10.9 Å². The maximum absolute atomic E-state index is 13.3. The van der Waals surface area contributed by atoms with E-state index >= 15 is 0 Å². The number of hydrogen-bond acceptors (Lipinski definition) is 7. The number of aryl methyl sites for hydroxylation is 1. The molecular formula is C21H20N2O6. The van der Waals surface area contributed by atoms with Crippen molar-refractivity contribution in [3.8, 4) is 23.0 Å².